The summed E-state index contributed by atoms with van der Waals surface area (Å²) in [5, 5.41) is 0. The van der Waals surface area contributed by atoms with E-state index < -0.39 is 0 Å². The lowest BCUT2D eigenvalue weighted by Crippen LogP contribution is -2.25. The number of ether oxygens (including phenoxy) is 1. The van der Waals surface area contributed by atoms with Crippen LogP contribution in [0.4, 0.5) is 11.4 Å². The number of hydrogen-bond acceptors (Lipinski definition) is 3. The van der Waals surface area contributed by atoms with Crippen molar-refractivity contribution in [3.8, 4) is 5.75 Å². The Morgan fingerprint density at radius 3 is 2.80 bits per heavy atom. The predicted molar refractivity (Wildman–Crippen MR) is 82.7 cm³/mol. The number of hydrogen-bond donors (Lipinski definition) is 1. The molecule has 2 aromatic rings. The highest BCUT2D eigenvalue weighted by Gasteiger charge is 2.20. The molecular formula is C17H20N2O. The first-order valence-corrected chi connectivity index (χ1v) is 7.06. The quantitative estimate of drug-likeness (QED) is 0.928. The first-order chi connectivity index (χ1) is 9.83. The van der Waals surface area contributed by atoms with Gasteiger partial charge in [-0.15, -0.1) is 0 Å². The molecule has 104 valence electrons. The van der Waals surface area contributed by atoms with Crippen LogP contribution in [0.5, 0.6) is 5.75 Å². The Bertz CT molecular complexity index is 610. The third kappa shape index (κ3) is 2.25. The van der Waals surface area contributed by atoms with Crippen LogP contribution < -0.4 is 15.4 Å². The molecule has 3 nitrogen and oxygen atoms in total. The monoisotopic (exact) mass is 268 g/mol. The van der Waals surface area contributed by atoms with Crippen molar-refractivity contribution in [1.82, 2.24) is 0 Å². The molecule has 0 bridgehead atoms. The second-order valence-electron chi connectivity index (χ2n) is 5.08. The van der Waals surface area contributed by atoms with Crippen molar-refractivity contribution in [2.24, 2.45) is 5.73 Å². The zero-order valence-electron chi connectivity index (χ0n) is 11.8. The summed E-state index contributed by atoms with van der Waals surface area (Å²) in [4.78, 5) is 2.36. The lowest BCUT2D eigenvalue weighted by molar-refractivity contribution is 0.414. The second kappa shape index (κ2) is 5.55. The molecule has 3 rings (SSSR count). The normalized spacial score (nSPS) is 14.0. The first kappa shape index (κ1) is 13.0. The number of fused-ring (bicyclic) bond motifs is 1. The van der Waals surface area contributed by atoms with Gasteiger partial charge in [0.05, 0.1) is 7.11 Å². The van der Waals surface area contributed by atoms with Crippen LogP contribution in [0, 0.1) is 0 Å². The number of para-hydroxylation sites is 1. The van der Waals surface area contributed by atoms with E-state index in [0.29, 0.717) is 6.54 Å². The molecule has 20 heavy (non-hydrogen) atoms. The molecule has 0 aromatic heterocycles. The fraction of sp³-hybridized carbons (Fsp3) is 0.294. The fourth-order valence-electron chi connectivity index (χ4n) is 2.88. The molecule has 2 N–H and O–H groups in total. The summed E-state index contributed by atoms with van der Waals surface area (Å²) in [6.45, 7) is 1.56. The summed E-state index contributed by atoms with van der Waals surface area (Å²) < 4.78 is 5.37. The highest BCUT2D eigenvalue weighted by atomic mass is 16.5. The topological polar surface area (TPSA) is 38.5 Å². The van der Waals surface area contributed by atoms with Crippen molar-refractivity contribution in [3.05, 3.63) is 53.6 Å². The molecule has 1 aliphatic rings. The van der Waals surface area contributed by atoms with E-state index in [0.717, 1.165) is 30.7 Å². The van der Waals surface area contributed by atoms with Crippen LogP contribution in [0.1, 0.15) is 17.5 Å². The molecule has 2 aromatic carbocycles. The Labute approximate surface area is 120 Å². The highest BCUT2D eigenvalue weighted by molar-refractivity contribution is 5.71. The van der Waals surface area contributed by atoms with Crippen molar-refractivity contribution in [3.63, 3.8) is 0 Å². The zero-order valence-corrected chi connectivity index (χ0v) is 11.8. The van der Waals surface area contributed by atoms with Gasteiger partial charge in [-0.25, -0.2) is 0 Å². The van der Waals surface area contributed by atoms with Gasteiger partial charge < -0.3 is 15.4 Å². The van der Waals surface area contributed by atoms with Gasteiger partial charge in [0, 0.05) is 30.5 Å². The van der Waals surface area contributed by atoms with E-state index in [4.69, 9.17) is 10.5 Å². The minimum atomic E-state index is 0.540. The number of nitrogens with zero attached hydrogens (tertiary/aromatic N) is 1. The molecule has 0 amide bonds. The van der Waals surface area contributed by atoms with E-state index in [1.165, 1.54) is 16.9 Å². The lowest BCUT2D eigenvalue weighted by atomic mass is 10.00. The smallest absolute Gasteiger partial charge is 0.120 e. The number of methoxy groups -OCH3 is 1. The summed E-state index contributed by atoms with van der Waals surface area (Å²) in [6, 6.07) is 14.7. The number of rotatable bonds is 3. The highest BCUT2D eigenvalue weighted by Crippen LogP contribution is 2.36. The van der Waals surface area contributed by atoms with E-state index in [9.17, 15) is 0 Å². The first-order valence-electron chi connectivity index (χ1n) is 7.06. The maximum atomic E-state index is 5.90. The molecule has 0 fully saturated rings. The zero-order chi connectivity index (χ0) is 13.9. The molecule has 0 saturated carbocycles. The summed E-state index contributed by atoms with van der Waals surface area (Å²) >= 11 is 0. The molecule has 0 atom stereocenters. The molecule has 0 radical (unpaired) electrons. The molecule has 0 spiro atoms. The molecule has 0 saturated heterocycles. The van der Waals surface area contributed by atoms with E-state index in [-0.39, 0.29) is 0 Å². The maximum absolute atomic E-state index is 5.90. The van der Waals surface area contributed by atoms with Crippen LogP contribution in [0.15, 0.2) is 42.5 Å². The molecule has 0 aliphatic carbocycles. The van der Waals surface area contributed by atoms with Crippen LogP contribution in [0.3, 0.4) is 0 Å². The summed E-state index contributed by atoms with van der Waals surface area (Å²) in [5.41, 5.74) is 10.9. The van der Waals surface area contributed by atoms with E-state index in [2.05, 4.69) is 41.3 Å². The molecule has 3 heteroatoms. The van der Waals surface area contributed by atoms with Crippen molar-refractivity contribution < 1.29 is 4.74 Å². The number of benzene rings is 2. The van der Waals surface area contributed by atoms with Crippen molar-refractivity contribution in [2.45, 2.75) is 19.4 Å². The van der Waals surface area contributed by atoms with Crippen molar-refractivity contribution in [1.29, 1.82) is 0 Å². The Balaban J connectivity index is 2.09. The van der Waals surface area contributed by atoms with Gasteiger partial charge in [-0.3, -0.25) is 0 Å². The third-order valence-electron chi connectivity index (χ3n) is 3.91. The average molecular weight is 268 g/mol. The van der Waals surface area contributed by atoms with Crippen LogP contribution in [-0.2, 0) is 13.0 Å². The minimum Gasteiger partial charge on any atom is -0.497 e. The van der Waals surface area contributed by atoms with Gasteiger partial charge in [0.15, 0.2) is 0 Å². The Morgan fingerprint density at radius 2 is 2.00 bits per heavy atom. The van der Waals surface area contributed by atoms with Gasteiger partial charge in [-0.1, -0.05) is 24.3 Å². The lowest BCUT2D eigenvalue weighted by Gasteiger charge is -2.33. The Morgan fingerprint density at radius 1 is 1.15 bits per heavy atom. The van der Waals surface area contributed by atoms with Crippen LogP contribution in [0.25, 0.3) is 0 Å². The molecule has 1 aliphatic heterocycles. The molecule has 0 unspecified atom stereocenters. The van der Waals surface area contributed by atoms with E-state index >= 15 is 0 Å². The molecule has 1 heterocycles. The van der Waals surface area contributed by atoms with Crippen LogP contribution in [-0.4, -0.2) is 13.7 Å². The summed E-state index contributed by atoms with van der Waals surface area (Å²) in [6.07, 6.45) is 2.31. The van der Waals surface area contributed by atoms with Crippen LogP contribution >= 0.6 is 0 Å². The van der Waals surface area contributed by atoms with Gasteiger partial charge in [0.25, 0.3) is 0 Å². The molecular weight excluding hydrogens is 248 g/mol. The SMILES string of the molecule is COc1ccc(CN)c(N2CCCc3ccccc32)c1. The number of anilines is 2. The average Bonchev–Trinajstić information content (AvgIpc) is 2.53. The van der Waals surface area contributed by atoms with Crippen molar-refractivity contribution >= 4 is 11.4 Å². The maximum Gasteiger partial charge on any atom is 0.120 e. The van der Waals surface area contributed by atoms with Gasteiger partial charge in [0.1, 0.15) is 5.75 Å². The Kier molecular flexibility index (Phi) is 3.61. The van der Waals surface area contributed by atoms with Gasteiger partial charge in [0.2, 0.25) is 0 Å². The summed E-state index contributed by atoms with van der Waals surface area (Å²) in [7, 11) is 1.70. The number of aryl methyl sites for hydroxylation is 1. The largest absolute Gasteiger partial charge is 0.497 e. The van der Waals surface area contributed by atoms with Gasteiger partial charge >= 0.3 is 0 Å². The third-order valence-corrected chi connectivity index (χ3v) is 3.91. The predicted octanol–water partition coefficient (Wildman–Crippen LogP) is 3.24. The van der Waals surface area contributed by atoms with Crippen molar-refractivity contribution in [2.75, 3.05) is 18.6 Å². The standard InChI is InChI=1S/C17H20N2O/c1-20-15-9-8-14(12-18)17(11-15)19-10-4-6-13-5-2-3-7-16(13)19/h2-3,5,7-9,11H,4,6,10,12,18H2,1H3. The fourth-order valence-corrected chi connectivity index (χ4v) is 2.88. The second-order valence-corrected chi connectivity index (χ2v) is 5.08. The minimum absolute atomic E-state index is 0.540. The van der Waals surface area contributed by atoms with Crippen LogP contribution in [0.2, 0.25) is 0 Å². The number of nitrogens with two attached hydrogens (primary N) is 1. The van der Waals surface area contributed by atoms with E-state index in [1.54, 1.807) is 7.11 Å². The van der Waals surface area contributed by atoms with E-state index in [1.807, 2.05) is 6.07 Å². The Hall–Kier alpha value is -2.00. The summed E-state index contributed by atoms with van der Waals surface area (Å²) in [5.74, 6) is 0.875. The van der Waals surface area contributed by atoms with Gasteiger partial charge in [-0.05, 0) is 36.1 Å². The van der Waals surface area contributed by atoms with Gasteiger partial charge in [-0.2, -0.15) is 0 Å².